The van der Waals surface area contributed by atoms with Gasteiger partial charge >= 0.3 is 0 Å². The number of nitrogens with two attached hydrogens (primary N) is 1. The van der Waals surface area contributed by atoms with Crippen molar-refractivity contribution in [1.82, 2.24) is 9.88 Å². The molecule has 0 aliphatic heterocycles. The smallest absolute Gasteiger partial charge is 0.257 e. The second kappa shape index (κ2) is 11.3. The number of aliphatic hydroxyl groups excluding tert-OH is 2. The van der Waals surface area contributed by atoms with Gasteiger partial charge in [-0.05, 0) is 45.0 Å². The number of aromatic nitrogens is 1. The third-order valence-corrected chi connectivity index (χ3v) is 7.84. The molecule has 0 spiro atoms. The number of rotatable bonds is 4. The molecular weight excluding hydrogens is 598 g/mol. The van der Waals surface area contributed by atoms with Crippen LogP contribution in [0.5, 0.6) is 5.75 Å². The van der Waals surface area contributed by atoms with Crippen molar-refractivity contribution in [2.45, 2.75) is 24.5 Å². The molecule has 1 fully saturated rings. The third kappa shape index (κ3) is 4.58. The minimum absolute atomic E-state index is 0. The van der Waals surface area contributed by atoms with Crippen molar-refractivity contribution in [3.8, 4) is 5.75 Å². The Bertz CT molecular complexity index is 1580. The highest BCUT2D eigenvalue weighted by Crippen LogP contribution is 2.53. The number of aliphatic hydroxyl groups is 3. The first-order valence-electron chi connectivity index (χ1n) is 12.2. The summed E-state index contributed by atoms with van der Waals surface area (Å²) >= 11 is 0. The van der Waals surface area contributed by atoms with Crippen LogP contribution in [-0.2, 0) is 20.8 Å². The number of nitrogens with one attached hydrogen (secondary N) is 1. The number of primary amides is 1. The van der Waals surface area contributed by atoms with Crippen LogP contribution in [0, 0.1) is 17.7 Å². The number of aromatic hydroxyl groups is 1. The van der Waals surface area contributed by atoms with Gasteiger partial charge in [0, 0.05) is 35.5 Å². The van der Waals surface area contributed by atoms with E-state index in [4.69, 9.17) is 5.73 Å². The van der Waals surface area contributed by atoms with E-state index in [0.717, 1.165) is 6.07 Å². The lowest BCUT2D eigenvalue weighted by Gasteiger charge is -2.50. The molecule has 1 heterocycles. The Morgan fingerprint density at radius 1 is 1.19 bits per heavy atom. The van der Waals surface area contributed by atoms with Crippen LogP contribution in [0.25, 0.3) is 5.76 Å². The first-order valence-corrected chi connectivity index (χ1v) is 12.2. The number of benzene rings is 1. The van der Waals surface area contributed by atoms with Crippen LogP contribution >= 0.6 is 24.8 Å². The van der Waals surface area contributed by atoms with E-state index in [0.29, 0.717) is 0 Å². The standard InChI is InChI=1S/C27H25FN4O8.2ClH/c1-32(2)19-13-7-11-6-12-14(28)8-15(31-26(39)10-4-3-5-30-9-10)20(33)17(12)21(34)16(11)23(36)27(13,40)24(37)18(22(19)35)25(29)38;;/h3-5,8-9,11,13,19,33-34,37,40H,6-7H2,1-2H3,(H2,29,38)(H,31,39);2*1H/t11-,13-,19-,27-;;/m0../s1. The van der Waals surface area contributed by atoms with Gasteiger partial charge in [0.25, 0.3) is 11.8 Å². The Hall–Kier alpha value is -4.04. The van der Waals surface area contributed by atoms with Crippen molar-refractivity contribution in [3.63, 3.8) is 0 Å². The van der Waals surface area contributed by atoms with Gasteiger partial charge in [0.2, 0.25) is 5.78 Å². The second-order valence-corrected chi connectivity index (χ2v) is 10.3. The topological polar surface area (TPSA) is 203 Å². The summed E-state index contributed by atoms with van der Waals surface area (Å²) in [6.07, 6.45) is 2.30. The molecule has 42 heavy (non-hydrogen) atoms. The van der Waals surface area contributed by atoms with Crippen LogP contribution in [0.3, 0.4) is 0 Å². The molecule has 0 saturated heterocycles. The van der Waals surface area contributed by atoms with Gasteiger partial charge in [-0.25, -0.2) is 4.39 Å². The number of hydrogen-bond acceptors (Lipinski definition) is 10. The van der Waals surface area contributed by atoms with Gasteiger partial charge < -0.3 is 31.5 Å². The van der Waals surface area contributed by atoms with Crippen LogP contribution in [0.15, 0.2) is 47.5 Å². The van der Waals surface area contributed by atoms with Crippen LogP contribution in [0.2, 0.25) is 0 Å². The molecule has 1 aromatic heterocycles. The number of likely N-dealkylation sites (N-methyl/N-ethyl adjacent to an activating group) is 1. The Morgan fingerprint density at radius 3 is 2.43 bits per heavy atom. The number of nitrogens with zero attached hydrogens (tertiary/aromatic N) is 2. The fourth-order valence-corrected chi connectivity index (χ4v) is 6.05. The zero-order chi connectivity index (χ0) is 29.3. The molecule has 4 atom stereocenters. The molecule has 7 N–H and O–H groups in total. The predicted octanol–water partition coefficient (Wildman–Crippen LogP) is 1.59. The van der Waals surface area contributed by atoms with E-state index >= 15 is 4.39 Å². The fourth-order valence-electron chi connectivity index (χ4n) is 6.05. The number of ketones is 2. The molecule has 2 amide bonds. The van der Waals surface area contributed by atoms with Crippen molar-refractivity contribution < 1.29 is 44.0 Å². The minimum atomic E-state index is -2.81. The van der Waals surface area contributed by atoms with Crippen molar-refractivity contribution >= 4 is 59.6 Å². The van der Waals surface area contributed by atoms with Gasteiger partial charge in [-0.15, -0.1) is 24.8 Å². The molecule has 3 aliphatic carbocycles. The van der Waals surface area contributed by atoms with E-state index < -0.39 is 92.3 Å². The summed E-state index contributed by atoms with van der Waals surface area (Å²) in [6, 6.07) is 2.56. The van der Waals surface area contributed by atoms with Gasteiger partial charge in [0.1, 0.15) is 22.9 Å². The van der Waals surface area contributed by atoms with E-state index in [1.807, 2.05) is 0 Å². The number of pyridine rings is 1. The molecule has 0 radical (unpaired) electrons. The normalized spacial score (nSPS) is 24.6. The van der Waals surface area contributed by atoms with E-state index in [2.05, 4.69) is 10.3 Å². The van der Waals surface area contributed by atoms with Gasteiger partial charge in [0.15, 0.2) is 17.1 Å². The Morgan fingerprint density at radius 2 is 1.86 bits per heavy atom. The van der Waals surface area contributed by atoms with Gasteiger partial charge in [0.05, 0.1) is 22.9 Å². The van der Waals surface area contributed by atoms with E-state index in [9.17, 15) is 39.6 Å². The number of Topliss-reactive ketones (excluding diaryl/α,β-unsaturated/α-hetero) is 2. The van der Waals surface area contributed by atoms with Crippen LogP contribution < -0.4 is 11.1 Å². The zero-order valence-corrected chi connectivity index (χ0v) is 23.8. The molecular formula is C27H27Cl2FN4O8. The summed E-state index contributed by atoms with van der Waals surface area (Å²) in [5, 5.41) is 47.0. The highest BCUT2D eigenvalue weighted by atomic mass is 35.5. The zero-order valence-electron chi connectivity index (χ0n) is 22.1. The average molecular weight is 625 g/mol. The van der Waals surface area contributed by atoms with Crippen molar-refractivity contribution in [2.24, 2.45) is 17.6 Å². The first-order chi connectivity index (χ1) is 18.8. The molecule has 0 bridgehead atoms. The lowest BCUT2D eigenvalue weighted by atomic mass is 9.57. The third-order valence-electron chi connectivity index (χ3n) is 7.84. The average Bonchev–Trinajstić information content (AvgIpc) is 2.89. The van der Waals surface area contributed by atoms with Gasteiger partial charge in [-0.3, -0.25) is 29.1 Å². The summed E-state index contributed by atoms with van der Waals surface area (Å²) in [5.74, 6) is -10.1. The van der Waals surface area contributed by atoms with Crippen LogP contribution in [-0.4, -0.2) is 79.4 Å². The number of anilines is 1. The molecule has 2 aromatic rings. The van der Waals surface area contributed by atoms with Crippen LogP contribution in [0.1, 0.15) is 27.9 Å². The maximum atomic E-state index is 15.4. The quantitative estimate of drug-likeness (QED) is 0.214. The molecule has 3 aliphatic rings. The lowest BCUT2D eigenvalue weighted by Crippen LogP contribution is -2.65. The van der Waals surface area contributed by atoms with Crippen molar-refractivity contribution in [1.29, 1.82) is 0 Å². The number of carbonyl (C=O) groups excluding carboxylic acids is 4. The number of phenolic OH excluding ortho intramolecular Hbond substituents is 1. The lowest BCUT2D eigenvalue weighted by molar-refractivity contribution is -0.153. The van der Waals surface area contributed by atoms with Crippen molar-refractivity contribution in [3.05, 3.63) is 70.0 Å². The van der Waals surface area contributed by atoms with Gasteiger partial charge in [-0.2, -0.15) is 0 Å². The predicted molar refractivity (Wildman–Crippen MR) is 151 cm³/mol. The van der Waals surface area contributed by atoms with Crippen molar-refractivity contribution in [2.75, 3.05) is 19.4 Å². The highest BCUT2D eigenvalue weighted by Gasteiger charge is 2.64. The van der Waals surface area contributed by atoms with Crippen LogP contribution in [0.4, 0.5) is 10.1 Å². The maximum Gasteiger partial charge on any atom is 0.257 e. The summed E-state index contributed by atoms with van der Waals surface area (Å²) in [7, 11) is 2.96. The number of phenols is 1. The number of carbonyl (C=O) groups is 4. The minimum Gasteiger partial charge on any atom is -0.508 e. The Balaban J connectivity index is 0.00000242. The molecule has 12 nitrogen and oxygen atoms in total. The number of amides is 2. The molecule has 15 heteroatoms. The van der Waals surface area contributed by atoms with E-state index in [1.54, 1.807) is 0 Å². The molecule has 5 rings (SSSR count). The second-order valence-electron chi connectivity index (χ2n) is 10.3. The highest BCUT2D eigenvalue weighted by molar-refractivity contribution is 6.24. The molecule has 224 valence electrons. The number of fused-ring (bicyclic) bond motifs is 3. The summed E-state index contributed by atoms with van der Waals surface area (Å²) in [4.78, 5) is 56.8. The molecule has 1 saturated carbocycles. The fraction of sp³-hybridized carbons (Fsp3) is 0.296. The first kappa shape index (κ1) is 32.5. The monoisotopic (exact) mass is 624 g/mol. The van der Waals surface area contributed by atoms with Gasteiger partial charge in [-0.1, -0.05) is 0 Å². The largest absolute Gasteiger partial charge is 0.508 e. The van der Waals surface area contributed by atoms with E-state index in [-0.39, 0.29) is 48.8 Å². The Labute approximate surface area is 250 Å². The number of hydrogen-bond donors (Lipinski definition) is 6. The SMILES string of the molecule is CN(C)[C@@H]1C(=O)C(C(N)=O)=C(O)[C@@]2(O)C(=O)C3=C(O)c4c(O)c(NC(=O)c5cccnc5)cc(F)c4C[C@H]3C[C@@H]12.Cl.Cl. The molecule has 0 unspecified atom stereocenters. The summed E-state index contributed by atoms with van der Waals surface area (Å²) < 4.78 is 15.4. The van der Waals surface area contributed by atoms with E-state index in [1.165, 1.54) is 43.5 Å². The molecule has 1 aromatic carbocycles. The Kier molecular flexibility index (Phi) is 8.76. The summed E-state index contributed by atoms with van der Waals surface area (Å²) in [5.41, 5.74) is 0.201. The maximum absolute atomic E-state index is 15.4. The number of halogens is 3. The summed E-state index contributed by atoms with van der Waals surface area (Å²) in [6.45, 7) is 0.